The van der Waals surface area contributed by atoms with Gasteiger partial charge < -0.3 is 9.30 Å². The molecule has 2 aromatic rings. The first kappa shape index (κ1) is 14.0. The Morgan fingerprint density at radius 2 is 1.53 bits per heavy atom. The van der Waals surface area contributed by atoms with E-state index >= 15 is 0 Å². The van der Waals surface area contributed by atoms with E-state index in [0.29, 0.717) is 0 Å². The molecule has 1 aromatic heterocycles. The Balaban J connectivity index is 2.97. The minimum Gasteiger partial charge on any atom is -0.482 e. The number of nitrogens with zero attached hydrogens (tertiary/aromatic N) is 1. The molecule has 0 saturated carbocycles. The second-order valence-electron chi connectivity index (χ2n) is 7.16. The van der Waals surface area contributed by atoms with Crippen molar-refractivity contribution >= 4 is 10.9 Å². The van der Waals surface area contributed by atoms with Crippen molar-refractivity contribution in [2.24, 2.45) is 0 Å². The molecule has 0 aliphatic heterocycles. The average molecular weight is 259 g/mol. The van der Waals surface area contributed by atoms with Gasteiger partial charge in [0, 0.05) is 16.5 Å². The van der Waals surface area contributed by atoms with Gasteiger partial charge in [0.05, 0.1) is 12.6 Å². The molecule has 2 nitrogen and oxygen atoms in total. The fraction of sp³-hybridized carbons (Fsp3) is 0.529. The number of para-hydroxylation sites is 1. The molecule has 0 N–H and O–H groups in total. The van der Waals surface area contributed by atoms with Crippen molar-refractivity contribution in [3.63, 3.8) is 0 Å². The Hall–Kier alpha value is -1.44. The highest BCUT2D eigenvalue weighted by Gasteiger charge is 2.30. The van der Waals surface area contributed by atoms with Crippen molar-refractivity contribution in [1.82, 2.24) is 4.57 Å². The normalized spacial score (nSPS) is 13.0. The summed E-state index contributed by atoms with van der Waals surface area (Å²) in [6.45, 7) is 13.4. The molecule has 2 rings (SSSR count). The van der Waals surface area contributed by atoms with Crippen LogP contribution in [0.25, 0.3) is 10.9 Å². The minimum absolute atomic E-state index is 0.00551. The van der Waals surface area contributed by atoms with Crippen LogP contribution in [0.3, 0.4) is 0 Å². The lowest BCUT2D eigenvalue weighted by molar-refractivity contribution is 0.308. The van der Waals surface area contributed by atoms with Crippen LogP contribution in [0, 0.1) is 0 Å². The van der Waals surface area contributed by atoms with E-state index in [9.17, 15) is 0 Å². The summed E-state index contributed by atoms with van der Waals surface area (Å²) < 4.78 is 8.09. The smallest absolute Gasteiger partial charge is 0.198 e. The van der Waals surface area contributed by atoms with E-state index in [-0.39, 0.29) is 11.0 Å². The fourth-order valence-electron chi connectivity index (χ4n) is 2.80. The van der Waals surface area contributed by atoms with E-state index in [1.165, 1.54) is 16.5 Å². The van der Waals surface area contributed by atoms with Gasteiger partial charge in [0.2, 0.25) is 0 Å². The summed E-state index contributed by atoms with van der Waals surface area (Å²) in [7, 11) is 1.77. The largest absolute Gasteiger partial charge is 0.482 e. The maximum atomic E-state index is 5.78. The van der Waals surface area contributed by atoms with E-state index < -0.39 is 0 Å². The Morgan fingerprint density at radius 3 is 2.00 bits per heavy atom. The summed E-state index contributed by atoms with van der Waals surface area (Å²) in [5.41, 5.74) is 2.59. The van der Waals surface area contributed by atoms with Gasteiger partial charge in [-0.15, -0.1) is 0 Å². The van der Waals surface area contributed by atoms with Crippen molar-refractivity contribution in [2.45, 2.75) is 52.5 Å². The van der Waals surface area contributed by atoms with E-state index in [0.717, 1.165) is 5.88 Å². The zero-order valence-corrected chi connectivity index (χ0v) is 13.2. The Labute approximate surface area is 116 Å². The van der Waals surface area contributed by atoms with Gasteiger partial charge in [0.1, 0.15) is 0 Å². The lowest BCUT2D eigenvalue weighted by atomic mass is 9.86. The van der Waals surface area contributed by atoms with Crippen LogP contribution in [0.5, 0.6) is 5.88 Å². The highest BCUT2D eigenvalue weighted by molar-refractivity contribution is 5.88. The quantitative estimate of drug-likeness (QED) is 0.724. The van der Waals surface area contributed by atoms with Crippen LogP contribution >= 0.6 is 0 Å². The molecular formula is C17H25NO. The van der Waals surface area contributed by atoms with Crippen molar-refractivity contribution < 1.29 is 4.74 Å². The highest BCUT2D eigenvalue weighted by Crippen LogP contribution is 2.42. The SMILES string of the molecule is COc1c(C(C)(C)C)c2ccccc2n1C(C)(C)C. The molecule has 0 saturated heterocycles. The maximum Gasteiger partial charge on any atom is 0.198 e. The number of methoxy groups -OCH3 is 1. The monoisotopic (exact) mass is 259 g/mol. The molecule has 0 fully saturated rings. The molecule has 0 bridgehead atoms. The molecule has 2 heteroatoms. The number of hydrogen-bond acceptors (Lipinski definition) is 1. The molecule has 0 aliphatic rings. The van der Waals surface area contributed by atoms with Crippen LogP contribution in [0.2, 0.25) is 0 Å². The van der Waals surface area contributed by atoms with Crippen LogP contribution < -0.4 is 4.74 Å². The number of hydrogen-bond donors (Lipinski definition) is 0. The third-order valence-electron chi connectivity index (χ3n) is 3.45. The molecular weight excluding hydrogens is 234 g/mol. The van der Waals surface area contributed by atoms with E-state index in [4.69, 9.17) is 4.74 Å². The summed E-state index contributed by atoms with van der Waals surface area (Å²) in [5, 5.41) is 1.29. The molecule has 104 valence electrons. The molecule has 0 unspecified atom stereocenters. The molecule has 0 amide bonds. The predicted molar refractivity (Wildman–Crippen MR) is 82.2 cm³/mol. The van der Waals surface area contributed by atoms with Crippen molar-refractivity contribution in [1.29, 1.82) is 0 Å². The summed E-state index contributed by atoms with van der Waals surface area (Å²) in [6, 6.07) is 8.57. The Bertz CT molecular complexity index is 543. The van der Waals surface area contributed by atoms with Gasteiger partial charge in [-0.1, -0.05) is 39.0 Å². The van der Waals surface area contributed by atoms with Crippen LogP contribution in [-0.2, 0) is 11.0 Å². The molecule has 0 spiro atoms. The van der Waals surface area contributed by atoms with Crippen LogP contribution in [0.4, 0.5) is 0 Å². The lowest BCUT2D eigenvalue weighted by Crippen LogP contribution is -2.23. The zero-order valence-electron chi connectivity index (χ0n) is 13.2. The second kappa shape index (κ2) is 4.29. The Kier molecular flexibility index (Phi) is 3.16. The third kappa shape index (κ3) is 2.24. The molecule has 0 aliphatic carbocycles. The minimum atomic E-state index is -0.00551. The lowest BCUT2D eigenvalue weighted by Gasteiger charge is -2.26. The van der Waals surface area contributed by atoms with Crippen molar-refractivity contribution in [3.8, 4) is 5.88 Å². The van der Waals surface area contributed by atoms with E-state index in [1.807, 2.05) is 0 Å². The molecule has 19 heavy (non-hydrogen) atoms. The zero-order chi connectivity index (χ0) is 14.4. The maximum absolute atomic E-state index is 5.78. The second-order valence-corrected chi connectivity index (χ2v) is 7.16. The van der Waals surface area contributed by atoms with Gasteiger partial charge >= 0.3 is 0 Å². The predicted octanol–water partition coefficient (Wildman–Crippen LogP) is 4.70. The van der Waals surface area contributed by atoms with Crippen LogP contribution in [0.15, 0.2) is 24.3 Å². The van der Waals surface area contributed by atoms with E-state index in [1.54, 1.807) is 7.11 Å². The topological polar surface area (TPSA) is 14.2 Å². The van der Waals surface area contributed by atoms with Gasteiger partial charge in [0.15, 0.2) is 5.88 Å². The standard InChI is InChI=1S/C17H25NO/c1-16(2,3)14-12-10-8-9-11-13(12)18(15(14)19-7)17(4,5)6/h8-11H,1-7H3. The van der Waals surface area contributed by atoms with Crippen LogP contribution in [-0.4, -0.2) is 11.7 Å². The number of ether oxygens (including phenoxy) is 1. The van der Waals surface area contributed by atoms with Crippen molar-refractivity contribution in [3.05, 3.63) is 29.8 Å². The number of aromatic nitrogens is 1. The summed E-state index contributed by atoms with van der Waals surface area (Å²) in [6.07, 6.45) is 0. The molecule has 0 radical (unpaired) electrons. The first-order valence-corrected chi connectivity index (χ1v) is 6.86. The van der Waals surface area contributed by atoms with Gasteiger partial charge in [-0.2, -0.15) is 0 Å². The third-order valence-corrected chi connectivity index (χ3v) is 3.45. The first-order chi connectivity index (χ1) is 8.68. The fourth-order valence-corrected chi connectivity index (χ4v) is 2.80. The Morgan fingerprint density at radius 1 is 0.947 bits per heavy atom. The van der Waals surface area contributed by atoms with Crippen LogP contribution in [0.1, 0.15) is 47.1 Å². The van der Waals surface area contributed by atoms with Gasteiger partial charge in [-0.05, 0) is 32.3 Å². The molecule has 1 aromatic carbocycles. The summed E-state index contributed by atoms with van der Waals surface area (Å²) >= 11 is 0. The number of benzene rings is 1. The van der Waals surface area contributed by atoms with E-state index in [2.05, 4.69) is 70.4 Å². The van der Waals surface area contributed by atoms with Gasteiger partial charge in [0.25, 0.3) is 0 Å². The van der Waals surface area contributed by atoms with Gasteiger partial charge in [-0.25, -0.2) is 0 Å². The summed E-state index contributed by atoms with van der Waals surface area (Å²) in [4.78, 5) is 0. The van der Waals surface area contributed by atoms with Gasteiger partial charge in [-0.3, -0.25) is 0 Å². The number of rotatable bonds is 1. The molecule has 1 heterocycles. The summed E-state index contributed by atoms with van der Waals surface area (Å²) in [5.74, 6) is 0.987. The average Bonchev–Trinajstić information content (AvgIpc) is 2.61. The first-order valence-electron chi connectivity index (χ1n) is 6.86. The molecule has 0 atom stereocenters. The highest BCUT2D eigenvalue weighted by atomic mass is 16.5. The van der Waals surface area contributed by atoms with Crippen molar-refractivity contribution in [2.75, 3.05) is 7.11 Å². The number of fused-ring (bicyclic) bond motifs is 1.